The summed E-state index contributed by atoms with van der Waals surface area (Å²) in [5, 5.41) is 10.3. The second-order valence-electron chi connectivity index (χ2n) is 10.2. The second kappa shape index (κ2) is 13.2. The molecule has 2 heterocycles. The molecule has 2 aromatic carbocycles. The highest BCUT2D eigenvalue weighted by molar-refractivity contribution is 7.99. The SMILES string of the molecule is COc1ccc2ncc(CN)c(C(F)CCC3(CC(=O)O)CCN(CCSc4c(F)cc(F)cc4F)CC3)c2c1. The van der Waals surface area contributed by atoms with Crippen LogP contribution in [0.1, 0.15) is 49.4 Å². The number of aliphatic carboxylic acids is 1. The van der Waals surface area contributed by atoms with Crippen LogP contribution in [0.3, 0.4) is 0 Å². The van der Waals surface area contributed by atoms with Crippen LogP contribution in [0.2, 0.25) is 0 Å². The zero-order valence-corrected chi connectivity index (χ0v) is 23.1. The van der Waals surface area contributed by atoms with Crippen molar-refractivity contribution in [3.63, 3.8) is 0 Å². The van der Waals surface area contributed by atoms with Crippen LogP contribution in [0.25, 0.3) is 10.9 Å². The molecule has 216 valence electrons. The van der Waals surface area contributed by atoms with Crippen molar-refractivity contribution in [3.8, 4) is 5.75 Å². The third kappa shape index (κ3) is 7.05. The summed E-state index contributed by atoms with van der Waals surface area (Å²) in [5.41, 5.74) is 7.03. The lowest BCUT2D eigenvalue weighted by Gasteiger charge is -2.41. The Morgan fingerprint density at radius 3 is 2.52 bits per heavy atom. The number of carboxylic acids is 1. The van der Waals surface area contributed by atoms with E-state index < -0.39 is 35.0 Å². The van der Waals surface area contributed by atoms with Gasteiger partial charge >= 0.3 is 5.97 Å². The van der Waals surface area contributed by atoms with Gasteiger partial charge in [0, 0.05) is 48.1 Å². The molecule has 1 atom stereocenters. The normalized spacial score (nSPS) is 16.2. The van der Waals surface area contributed by atoms with Crippen molar-refractivity contribution in [1.82, 2.24) is 9.88 Å². The first-order valence-corrected chi connectivity index (χ1v) is 14.1. The highest BCUT2D eigenvalue weighted by Gasteiger charge is 2.37. The smallest absolute Gasteiger partial charge is 0.303 e. The van der Waals surface area contributed by atoms with Gasteiger partial charge in [-0.2, -0.15) is 0 Å². The molecule has 1 aliphatic rings. The molecule has 6 nitrogen and oxygen atoms in total. The number of aromatic nitrogens is 1. The third-order valence-electron chi connectivity index (χ3n) is 7.72. The zero-order chi connectivity index (χ0) is 28.9. The fourth-order valence-corrected chi connectivity index (χ4v) is 6.45. The number of carbonyl (C=O) groups is 1. The first-order valence-electron chi connectivity index (χ1n) is 13.2. The van der Waals surface area contributed by atoms with Crippen molar-refractivity contribution in [2.75, 3.05) is 32.5 Å². The quantitative estimate of drug-likeness (QED) is 0.193. The van der Waals surface area contributed by atoms with Gasteiger partial charge in [0.05, 0.1) is 23.9 Å². The lowest BCUT2D eigenvalue weighted by Crippen LogP contribution is -2.42. The Kier molecular flexibility index (Phi) is 9.91. The van der Waals surface area contributed by atoms with Crippen LogP contribution < -0.4 is 10.5 Å². The number of rotatable bonds is 12. The van der Waals surface area contributed by atoms with Crippen LogP contribution in [-0.4, -0.2) is 53.5 Å². The predicted molar refractivity (Wildman–Crippen MR) is 147 cm³/mol. The van der Waals surface area contributed by atoms with E-state index >= 15 is 4.39 Å². The summed E-state index contributed by atoms with van der Waals surface area (Å²) >= 11 is 0.979. The lowest BCUT2D eigenvalue weighted by atomic mass is 9.71. The second-order valence-corrected chi connectivity index (χ2v) is 11.4. The number of hydrogen-bond donors (Lipinski definition) is 2. The Balaban J connectivity index is 1.41. The highest BCUT2D eigenvalue weighted by Crippen LogP contribution is 2.43. The fourth-order valence-electron chi connectivity index (χ4n) is 5.50. The molecule has 3 aromatic rings. The van der Waals surface area contributed by atoms with Crippen molar-refractivity contribution >= 4 is 28.6 Å². The molecular weight excluding hydrogens is 546 g/mol. The minimum Gasteiger partial charge on any atom is -0.497 e. The van der Waals surface area contributed by atoms with Crippen molar-refractivity contribution < 1.29 is 32.2 Å². The predicted octanol–water partition coefficient (Wildman–Crippen LogP) is 6.26. The standard InChI is InChI=1S/C29H33F4N3O3S/c1-39-20-2-3-25-21(14-20)27(18(16-34)17-35-25)22(31)4-5-29(15-26(37)38)6-8-36(9-7-29)10-11-40-28-23(32)12-19(30)13-24(28)33/h2-3,12-14,17,22H,4-11,15-16,34H2,1H3,(H,37,38). The van der Waals surface area contributed by atoms with Crippen LogP contribution in [0.15, 0.2) is 41.4 Å². The van der Waals surface area contributed by atoms with E-state index in [4.69, 9.17) is 10.5 Å². The summed E-state index contributed by atoms with van der Waals surface area (Å²) in [6, 6.07) is 6.59. The number of alkyl halides is 1. The van der Waals surface area contributed by atoms with E-state index in [9.17, 15) is 23.1 Å². The van der Waals surface area contributed by atoms with Gasteiger partial charge in [-0.1, -0.05) is 0 Å². The van der Waals surface area contributed by atoms with Crippen LogP contribution in [0.4, 0.5) is 17.6 Å². The number of piperidine rings is 1. The molecule has 0 bridgehead atoms. The average Bonchev–Trinajstić information content (AvgIpc) is 2.92. The van der Waals surface area contributed by atoms with E-state index in [0.29, 0.717) is 84.6 Å². The minimum atomic E-state index is -1.36. The van der Waals surface area contributed by atoms with E-state index in [2.05, 4.69) is 9.88 Å². The van der Waals surface area contributed by atoms with Gasteiger partial charge in [-0.3, -0.25) is 9.78 Å². The largest absolute Gasteiger partial charge is 0.497 e. The molecule has 0 aliphatic carbocycles. The van der Waals surface area contributed by atoms with Gasteiger partial charge in [0.15, 0.2) is 0 Å². The van der Waals surface area contributed by atoms with Gasteiger partial charge in [-0.05, 0) is 68.0 Å². The molecule has 0 amide bonds. The summed E-state index contributed by atoms with van der Waals surface area (Å²) in [5.74, 6) is -2.78. The number of halogens is 4. The topological polar surface area (TPSA) is 88.7 Å². The number of nitrogens with two attached hydrogens (primary N) is 1. The molecule has 11 heteroatoms. The van der Waals surface area contributed by atoms with E-state index in [1.165, 1.54) is 7.11 Å². The number of methoxy groups -OCH3 is 1. The summed E-state index contributed by atoms with van der Waals surface area (Å²) in [6.07, 6.45) is 1.79. The van der Waals surface area contributed by atoms with Gasteiger partial charge in [0.25, 0.3) is 0 Å². The maximum Gasteiger partial charge on any atom is 0.303 e. The number of likely N-dealkylation sites (tertiary alicyclic amines) is 1. The molecular formula is C29H33F4N3O3S. The number of ether oxygens (including phenoxy) is 1. The van der Waals surface area contributed by atoms with Gasteiger partial charge in [-0.15, -0.1) is 11.8 Å². The maximum absolute atomic E-state index is 15.9. The summed E-state index contributed by atoms with van der Waals surface area (Å²) < 4.78 is 62.3. The zero-order valence-electron chi connectivity index (χ0n) is 22.3. The molecule has 40 heavy (non-hydrogen) atoms. The molecule has 1 aromatic heterocycles. The number of nitrogens with zero attached hydrogens (tertiary/aromatic N) is 2. The van der Waals surface area contributed by atoms with Gasteiger partial charge in [-0.25, -0.2) is 17.6 Å². The van der Waals surface area contributed by atoms with Crippen molar-refractivity contribution in [2.45, 2.75) is 49.7 Å². The van der Waals surface area contributed by atoms with Gasteiger partial charge in [0.2, 0.25) is 0 Å². The monoisotopic (exact) mass is 579 g/mol. The molecule has 4 rings (SSSR count). The van der Waals surface area contributed by atoms with Crippen LogP contribution in [0, 0.1) is 22.9 Å². The fraction of sp³-hybridized carbons (Fsp3) is 0.448. The number of hydrogen-bond acceptors (Lipinski definition) is 6. The van der Waals surface area contributed by atoms with Crippen molar-refractivity contribution in [2.24, 2.45) is 11.1 Å². The van der Waals surface area contributed by atoms with Crippen molar-refractivity contribution in [3.05, 3.63) is 65.1 Å². The number of thioether (sulfide) groups is 1. The average molecular weight is 580 g/mol. The summed E-state index contributed by atoms with van der Waals surface area (Å²) in [7, 11) is 1.54. The van der Waals surface area contributed by atoms with Crippen molar-refractivity contribution in [1.29, 1.82) is 0 Å². The Morgan fingerprint density at radius 2 is 1.90 bits per heavy atom. The van der Waals surface area contributed by atoms with E-state index in [-0.39, 0.29) is 24.3 Å². The summed E-state index contributed by atoms with van der Waals surface area (Å²) in [6.45, 7) is 1.82. The van der Waals surface area contributed by atoms with Crippen LogP contribution in [-0.2, 0) is 11.3 Å². The molecule has 3 N–H and O–H groups in total. The Hall–Kier alpha value is -2.89. The number of benzene rings is 2. The van der Waals surface area contributed by atoms with Crippen LogP contribution >= 0.6 is 11.8 Å². The van der Waals surface area contributed by atoms with E-state index in [1.54, 1.807) is 24.4 Å². The minimum absolute atomic E-state index is 0.0665. The number of pyridine rings is 1. The Bertz CT molecular complexity index is 1320. The lowest BCUT2D eigenvalue weighted by molar-refractivity contribution is -0.141. The molecule has 0 spiro atoms. The molecule has 1 unspecified atom stereocenters. The van der Waals surface area contributed by atoms with Gasteiger partial charge in [0.1, 0.15) is 29.4 Å². The first-order chi connectivity index (χ1) is 19.1. The molecule has 0 radical (unpaired) electrons. The molecule has 1 fully saturated rings. The third-order valence-corrected chi connectivity index (χ3v) is 8.79. The maximum atomic E-state index is 15.9. The van der Waals surface area contributed by atoms with E-state index in [0.717, 1.165) is 11.8 Å². The Labute approximate surface area is 234 Å². The molecule has 0 saturated carbocycles. The molecule has 1 saturated heterocycles. The van der Waals surface area contributed by atoms with Gasteiger partial charge < -0.3 is 20.5 Å². The number of fused-ring (bicyclic) bond motifs is 1. The highest BCUT2D eigenvalue weighted by atomic mass is 32.2. The summed E-state index contributed by atoms with van der Waals surface area (Å²) in [4.78, 5) is 18.1. The Morgan fingerprint density at radius 1 is 1.20 bits per heavy atom. The van der Waals surface area contributed by atoms with Crippen LogP contribution in [0.5, 0.6) is 5.75 Å². The van der Waals surface area contributed by atoms with E-state index in [1.807, 2.05) is 0 Å². The number of carboxylic acid groups (broad SMARTS) is 1. The first kappa shape index (κ1) is 30.1. The molecule has 1 aliphatic heterocycles.